The Morgan fingerprint density at radius 2 is 1.68 bits per heavy atom. The van der Waals surface area contributed by atoms with Gasteiger partial charge in [-0.05, 0) is 40.8 Å². The Hall–Kier alpha value is -0.790. The highest BCUT2D eigenvalue weighted by Crippen LogP contribution is 2.34. The van der Waals surface area contributed by atoms with Crippen molar-refractivity contribution >= 4 is 45.8 Å². The second-order valence-corrected chi connectivity index (χ2v) is 5.30. The van der Waals surface area contributed by atoms with Crippen LogP contribution in [0.2, 0.25) is 10.3 Å². The highest BCUT2D eigenvalue weighted by Gasteiger charge is 2.15. The summed E-state index contributed by atoms with van der Waals surface area (Å²) in [6.07, 6.45) is 0. The van der Waals surface area contributed by atoms with Gasteiger partial charge in [-0.1, -0.05) is 23.2 Å². The van der Waals surface area contributed by atoms with Gasteiger partial charge >= 0.3 is 0 Å². The zero-order chi connectivity index (χ0) is 14.0. The van der Waals surface area contributed by atoms with E-state index in [1.54, 1.807) is 32.4 Å². The van der Waals surface area contributed by atoms with Gasteiger partial charge in [0.05, 0.1) is 23.4 Å². The van der Waals surface area contributed by atoms with E-state index >= 15 is 0 Å². The van der Waals surface area contributed by atoms with E-state index in [0.29, 0.717) is 36.8 Å². The molecule has 0 N–H and O–H groups in total. The van der Waals surface area contributed by atoms with E-state index in [2.05, 4.69) is 9.97 Å². The molecule has 0 atom stereocenters. The topological polar surface area (TPSA) is 44.2 Å². The number of hydrogen-bond acceptors (Lipinski definition) is 4. The van der Waals surface area contributed by atoms with E-state index in [4.69, 9.17) is 32.7 Å². The highest BCUT2D eigenvalue weighted by atomic mass is 127. The summed E-state index contributed by atoms with van der Waals surface area (Å²) >= 11 is 14.0. The first-order chi connectivity index (χ1) is 9.06. The lowest BCUT2D eigenvalue weighted by atomic mass is 10.1. The number of aromatic nitrogens is 2. The predicted molar refractivity (Wildman–Crippen MR) is 83.3 cm³/mol. The quantitative estimate of drug-likeness (QED) is 0.565. The van der Waals surface area contributed by atoms with Crippen molar-refractivity contribution in [3.8, 4) is 22.9 Å². The number of benzene rings is 1. The van der Waals surface area contributed by atoms with Crippen molar-refractivity contribution < 1.29 is 9.47 Å². The van der Waals surface area contributed by atoms with Gasteiger partial charge in [0, 0.05) is 0 Å². The van der Waals surface area contributed by atoms with Crippen LogP contribution in [0.1, 0.15) is 0 Å². The number of ether oxygens (including phenoxy) is 2. The lowest BCUT2D eigenvalue weighted by Gasteiger charge is -2.10. The number of hydrogen-bond donors (Lipinski definition) is 0. The first kappa shape index (κ1) is 14.6. The molecule has 0 amide bonds. The van der Waals surface area contributed by atoms with Crippen LogP contribution in [-0.2, 0) is 0 Å². The molecular formula is C12H9Cl2IN2O2. The van der Waals surface area contributed by atoms with Gasteiger partial charge < -0.3 is 9.47 Å². The largest absolute Gasteiger partial charge is 0.497 e. The molecule has 0 aliphatic rings. The molecule has 19 heavy (non-hydrogen) atoms. The second kappa shape index (κ2) is 6.11. The Morgan fingerprint density at radius 3 is 2.21 bits per heavy atom. The molecule has 0 aliphatic carbocycles. The minimum Gasteiger partial charge on any atom is -0.497 e. The smallest absolute Gasteiger partial charge is 0.166 e. The molecule has 0 fully saturated rings. The van der Waals surface area contributed by atoms with E-state index in [9.17, 15) is 0 Å². The van der Waals surface area contributed by atoms with Crippen molar-refractivity contribution in [2.75, 3.05) is 14.2 Å². The van der Waals surface area contributed by atoms with Crippen LogP contribution < -0.4 is 9.47 Å². The molecule has 0 saturated carbocycles. The Labute approximate surface area is 134 Å². The molecule has 100 valence electrons. The maximum Gasteiger partial charge on any atom is 0.166 e. The zero-order valence-electron chi connectivity index (χ0n) is 10.1. The van der Waals surface area contributed by atoms with Gasteiger partial charge in [-0.15, -0.1) is 0 Å². The molecule has 0 radical (unpaired) electrons. The van der Waals surface area contributed by atoms with E-state index < -0.39 is 0 Å². The van der Waals surface area contributed by atoms with Gasteiger partial charge in [0.1, 0.15) is 21.8 Å². The van der Waals surface area contributed by atoms with Crippen molar-refractivity contribution in [3.05, 3.63) is 32.1 Å². The van der Waals surface area contributed by atoms with Gasteiger partial charge in [-0.25, -0.2) is 9.97 Å². The Morgan fingerprint density at radius 1 is 1.05 bits per heavy atom. The first-order valence-corrected chi connectivity index (χ1v) is 7.01. The van der Waals surface area contributed by atoms with Crippen molar-refractivity contribution in [1.29, 1.82) is 0 Å². The summed E-state index contributed by atoms with van der Waals surface area (Å²) in [5, 5.41) is 0.612. The third-order valence-corrected chi connectivity index (χ3v) is 4.62. The molecule has 4 nitrogen and oxygen atoms in total. The lowest BCUT2D eigenvalue weighted by molar-refractivity contribution is 0.404. The van der Waals surface area contributed by atoms with Gasteiger partial charge in [0.15, 0.2) is 5.82 Å². The number of nitrogens with zero attached hydrogens (tertiary/aromatic N) is 2. The van der Waals surface area contributed by atoms with Gasteiger partial charge in [-0.2, -0.15) is 0 Å². The van der Waals surface area contributed by atoms with E-state index in [0.717, 1.165) is 0 Å². The standard InChI is InChI=1S/C12H9Cl2IN2O2/c1-18-6-3-4-8(19-2)7(5-6)12-16-10(13)9(15)11(14)17-12/h3-5H,1-2H3. The number of halogens is 3. The summed E-state index contributed by atoms with van der Waals surface area (Å²) in [5.41, 5.74) is 0.669. The molecule has 0 bridgehead atoms. The van der Waals surface area contributed by atoms with Crippen molar-refractivity contribution in [2.45, 2.75) is 0 Å². The summed E-state index contributed by atoms with van der Waals surface area (Å²) in [5.74, 6) is 1.69. The van der Waals surface area contributed by atoms with Crippen LogP contribution in [0.15, 0.2) is 18.2 Å². The third kappa shape index (κ3) is 3.04. The molecule has 1 aromatic heterocycles. The molecule has 0 aliphatic heterocycles. The summed E-state index contributed by atoms with van der Waals surface area (Å²) in [6.45, 7) is 0. The van der Waals surface area contributed by atoms with Crippen LogP contribution in [0, 0.1) is 3.57 Å². The molecule has 1 aromatic carbocycles. The lowest BCUT2D eigenvalue weighted by Crippen LogP contribution is -1.97. The van der Waals surface area contributed by atoms with Gasteiger partial charge in [0.2, 0.25) is 0 Å². The fourth-order valence-electron chi connectivity index (χ4n) is 1.50. The zero-order valence-corrected chi connectivity index (χ0v) is 13.7. The maximum atomic E-state index is 6.02. The van der Waals surface area contributed by atoms with E-state index in [1.807, 2.05) is 22.6 Å². The molecule has 2 rings (SSSR count). The van der Waals surface area contributed by atoms with Crippen LogP contribution >= 0.6 is 45.8 Å². The maximum absolute atomic E-state index is 6.02. The SMILES string of the molecule is COc1ccc(OC)c(-c2nc(Cl)c(I)c(Cl)n2)c1. The van der Waals surface area contributed by atoms with Gasteiger partial charge in [-0.3, -0.25) is 0 Å². The first-order valence-electron chi connectivity index (χ1n) is 5.17. The summed E-state index contributed by atoms with van der Waals surface area (Å²) in [7, 11) is 3.15. The summed E-state index contributed by atoms with van der Waals surface area (Å²) in [6, 6.07) is 5.34. The molecule has 0 saturated heterocycles. The van der Waals surface area contributed by atoms with Crippen molar-refractivity contribution in [1.82, 2.24) is 9.97 Å². The minimum atomic E-state index is 0.306. The average Bonchev–Trinajstić information content (AvgIpc) is 2.43. The highest BCUT2D eigenvalue weighted by molar-refractivity contribution is 14.1. The Bertz CT molecular complexity index is 600. The van der Waals surface area contributed by atoms with E-state index in [1.165, 1.54) is 0 Å². The predicted octanol–water partition coefficient (Wildman–Crippen LogP) is 4.07. The molecule has 0 spiro atoms. The normalized spacial score (nSPS) is 10.4. The van der Waals surface area contributed by atoms with E-state index in [-0.39, 0.29) is 0 Å². The summed E-state index contributed by atoms with van der Waals surface area (Å²) in [4.78, 5) is 8.43. The number of methoxy groups -OCH3 is 2. The fraction of sp³-hybridized carbons (Fsp3) is 0.167. The number of rotatable bonds is 3. The van der Waals surface area contributed by atoms with Crippen LogP contribution in [-0.4, -0.2) is 24.2 Å². The molecule has 7 heteroatoms. The monoisotopic (exact) mass is 410 g/mol. The molecule has 1 heterocycles. The minimum absolute atomic E-state index is 0.306. The third-order valence-electron chi connectivity index (χ3n) is 2.42. The summed E-state index contributed by atoms with van der Waals surface area (Å²) < 4.78 is 11.1. The average molecular weight is 411 g/mol. The van der Waals surface area contributed by atoms with Crippen LogP contribution in [0.5, 0.6) is 11.5 Å². The van der Waals surface area contributed by atoms with Crippen LogP contribution in [0.4, 0.5) is 0 Å². The molecule has 2 aromatic rings. The Balaban J connectivity index is 2.63. The van der Waals surface area contributed by atoms with Crippen LogP contribution in [0.25, 0.3) is 11.4 Å². The Kier molecular flexibility index (Phi) is 4.70. The van der Waals surface area contributed by atoms with Crippen molar-refractivity contribution in [2.24, 2.45) is 0 Å². The molecular weight excluding hydrogens is 402 g/mol. The fourth-order valence-corrected chi connectivity index (χ4v) is 2.13. The van der Waals surface area contributed by atoms with Crippen LogP contribution in [0.3, 0.4) is 0 Å². The molecule has 0 unspecified atom stereocenters. The van der Waals surface area contributed by atoms with Crippen molar-refractivity contribution in [3.63, 3.8) is 0 Å². The second-order valence-electron chi connectivity index (χ2n) is 3.51. The van der Waals surface area contributed by atoms with Gasteiger partial charge in [0.25, 0.3) is 0 Å².